The Kier molecular flexibility index (Phi) is 5.36. The normalized spacial score (nSPS) is 29.2. The van der Waals surface area contributed by atoms with E-state index in [0.717, 1.165) is 24.0 Å². The maximum Gasteiger partial charge on any atom is 0.149 e. The third kappa shape index (κ3) is 3.77. The van der Waals surface area contributed by atoms with Gasteiger partial charge in [-0.3, -0.25) is 0 Å². The standard InChI is InChI=1S/C23H29BO4/c1-2-15-4-5-16(22-11-19(26)10-20(13-25)28-22)9-17(15)7-14-3-6-21-18(8-14)12-23(21,24)27/h3-6,8-9,19-20,22,25-27H,2,7,10-13,24H2,1H3. The Hall–Kier alpha value is -1.66. The van der Waals surface area contributed by atoms with Crippen molar-refractivity contribution in [2.24, 2.45) is 0 Å². The minimum atomic E-state index is -0.676. The van der Waals surface area contributed by atoms with Crippen LogP contribution in [-0.2, 0) is 29.5 Å². The number of rotatable bonds is 5. The van der Waals surface area contributed by atoms with Gasteiger partial charge in [-0.2, -0.15) is 0 Å². The molecule has 0 spiro atoms. The van der Waals surface area contributed by atoms with Crippen LogP contribution in [0.5, 0.6) is 0 Å². The van der Waals surface area contributed by atoms with Gasteiger partial charge in [0.2, 0.25) is 0 Å². The van der Waals surface area contributed by atoms with Gasteiger partial charge in [-0.25, -0.2) is 0 Å². The first-order valence-corrected chi connectivity index (χ1v) is 10.3. The molecular weight excluding hydrogens is 351 g/mol. The first kappa shape index (κ1) is 19.7. The molecule has 148 valence electrons. The molecule has 4 rings (SSSR count). The van der Waals surface area contributed by atoms with Gasteiger partial charge < -0.3 is 20.1 Å². The monoisotopic (exact) mass is 380 g/mol. The second kappa shape index (κ2) is 7.64. The fourth-order valence-electron chi connectivity index (χ4n) is 4.69. The van der Waals surface area contributed by atoms with Crippen LogP contribution in [-0.4, -0.2) is 42.0 Å². The lowest BCUT2D eigenvalue weighted by atomic mass is 9.61. The zero-order valence-electron chi connectivity index (χ0n) is 16.7. The molecule has 0 saturated carbocycles. The number of aryl methyl sites for hydroxylation is 1. The molecule has 1 saturated heterocycles. The van der Waals surface area contributed by atoms with Crippen molar-refractivity contribution in [2.45, 2.75) is 62.8 Å². The minimum absolute atomic E-state index is 0.0631. The molecule has 1 heterocycles. The lowest BCUT2D eigenvalue weighted by Crippen LogP contribution is -2.39. The summed E-state index contributed by atoms with van der Waals surface area (Å²) in [6, 6.07) is 12.8. The SMILES string of the molecule is BC1(O)Cc2cc(Cc3cc(C4CC(O)CC(CO)O4)ccc3CC)ccc21. The predicted octanol–water partition coefficient (Wildman–Crippen LogP) is 1.75. The molecule has 1 fully saturated rings. The molecule has 2 aromatic rings. The second-order valence-electron chi connectivity index (χ2n) is 8.56. The summed E-state index contributed by atoms with van der Waals surface area (Å²) in [5, 5.41) is 29.8. The van der Waals surface area contributed by atoms with E-state index >= 15 is 0 Å². The predicted molar refractivity (Wildman–Crippen MR) is 111 cm³/mol. The molecule has 2 aliphatic rings. The molecule has 5 heteroatoms. The van der Waals surface area contributed by atoms with Crippen molar-refractivity contribution >= 4 is 7.85 Å². The van der Waals surface area contributed by atoms with Gasteiger partial charge in [0.15, 0.2) is 0 Å². The molecule has 4 nitrogen and oxygen atoms in total. The van der Waals surface area contributed by atoms with Gasteiger partial charge in [-0.1, -0.05) is 43.3 Å². The highest BCUT2D eigenvalue weighted by Gasteiger charge is 2.35. The maximum atomic E-state index is 10.2. The van der Waals surface area contributed by atoms with E-state index in [1.807, 2.05) is 7.85 Å². The van der Waals surface area contributed by atoms with Crippen molar-refractivity contribution in [1.82, 2.24) is 0 Å². The molecule has 1 aliphatic carbocycles. The molecule has 0 aromatic heterocycles. The number of hydrogen-bond acceptors (Lipinski definition) is 4. The van der Waals surface area contributed by atoms with Gasteiger partial charge in [0.25, 0.3) is 0 Å². The molecule has 1 aliphatic heterocycles. The van der Waals surface area contributed by atoms with E-state index in [1.165, 1.54) is 22.3 Å². The summed E-state index contributed by atoms with van der Waals surface area (Å²) in [5.74, 6) is 0. The molecule has 2 aromatic carbocycles. The lowest BCUT2D eigenvalue weighted by molar-refractivity contribution is -0.113. The zero-order valence-corrected chi connectivity index (χ0v) is 16.7. The topological polar surface area (TPSA) is 69.9 Å². The van der Waals surface area contributed by atoms with Gasteiger partial charge in [0, 0.05) is 12.8 Å². The van der Waals surface area contributed by atoms with Gasteiger partial charge in [-0.15, -0.1) is 0 Å². The van der Waals surface area contributed by atoms with Crippen molar-refractivity contribution in [3.8, 4) is 0 Å². The van der Waals surface area contributed by atoms with E-state index < -0.39 is 11.6 Å². The Morgan fingerprint density at radius 1 is 1.14 bits per heavy atom. The van der Waals surface area contributed by atoms with Crippen molar-refractivity contribution in [1.29, 1.82) is 0 Å². The Morgan fingerprint density at radius 3 is 2.64 bits per heavy atom. The van der Waals surface area contributed by atoms with Crippen LogP contribution in [0.1, 0.15) is 59.3 Å². The van der Waals surface area contributed by atoms with Crippen LogP contribution in [0.25, 0.3) is 0 Å². The van der Waals surface area contributed by atoms with Crippen LogP contribution in [0.15, 0.2) is 36.4 Å². The smallest absolute Gasteiger partial charge is 0.149 e. The van der Waals surface area contributed by atoms with E-state index in [9.17, 15) is 15.3 Å². The summed E-state index contributed by atoms with van der Waals surface area (Å²) >= 11 is 0. The summed E-state index contributed by atoms with van der Waals surface area (Å²) in [4.78, 5) is 0. The average molecular weight is 380 g/mol. The van der Waals surface area contributed by atoms with E-state index in [1.54, 1.807) is 0 Å². The number of fused-ring (bicyclic) bond motifs is 1. The van der Waals surface area contributed by atoms with Crippen LogP contribution >= 0.6 is 0 Å². The molecule has 28 heavy (non-hydrogen) atoms. The number of hydrogen-bond donors (Lipinski definition) is 3. The fraction of sp³-hybridized carbons (Fsp3) is 0.478. The second-order valence-corrected chi connectivity index (χ2v) is 8.56. The quantitative estimate of drug-likeness (QED) is 0.692. The first-order chi connectivity index (χ1) is 13.4. The molecule has 4 atom stereocenters. The van der Waals surface area contributed by atoms with Crippen LogP contribution in [0.4, 0.5) is 0 Å². The van der Waals surface area contributed by atoms with Crippen molar-refractivity contribution in [3.63, 3.8) is 0 Å². The first-order valence-electron chi connectivity index (χ1n) is 10.3. The summed E-state index contributed by atoms with van der Waals surface area (Å²) in [5.41, 5.74) is 6.51. The molecule has 0 radical (unpaired) electrons. The number of aliphatic hydroxyl groups is 3. The van der Waals surface area contributed by atoms with E-state index in [2.05, 4.69) is 43.3 Å². The highest BCUT2D eigenvalue weighted by Crippen LogP contribution is 2.37. The van der Waals surface area contributed by atoms with Gasteiger partial charge in [0.1, 0.15) is 7.85 Å². The molecular formula is C23H29BO4. The highest BCUT2D eigenvalue weighted by molar-refractivity contribution is 6.16. The Morgan fingerprint density at radius 2 is 1.96 bits per heavy atom. The summed E-state index contributed by atoms with van der Waals surface area (Å²) in [6.07, 6.45) is 2.65. The number of aliphatic hydroxyl groups excluding tert-OH is 2. The van der Waals surface area contributed by atoms with Gasteiger partial charge in [-0.05, 0) is 52.6 Å². The van der Waals surface area contributed by atoms with Crippen LogP contribution in [0.2, 0.25) is 0 Å². The van der Waals surface area contributed by atoms with Gasteiger partial charge in [0.05, 0.1) is 30.4 Å². The Bertz CT molecular complexity index is 864. The molecule has 0 bridgehead atoms. The van der Waals surface area contributed by atoms with Crippen molar-refractivity contribution < 1.29 is 20.1 Å². The van der Waals surface area contributed by atoms with E-state index in [-0.39, 0.29) is 18.8 Å². The largest absolute Gasteiger partial charge is 0.394 e. The number of ether oxygens (including phenoxy) is 1. The van der Waals surface area contributed by atoms with Crippen molar-refractivity contribution in [3.05, 3.63) is 69.8 Å². The Labute approximate surface area is 167 Å². The molecule has 3 N–H and O–H groups in total. The zero-order chi connectivity index (χ0) is 19.9. The Balaban J connectivity index is 1.58. The van der Waals surface area contributed by atoms with Crippen LogP contribution < -0.4 is 0 Å². The lowest BCUT2D eigenvalue weighted by Gasteiger charge is -2.37. The maximum absolute atomic E-state index is 10.2. The number of benzene rings is 2. The molecule has 0 amide bonds. The van der Waals surface area contributed by atoms with Crippen LogP contribution in [0, 0.1) is 0 Å². The van der Waals surface area contributed by atoms with Gasteiger partial charge >= 0.3 is 0 Å². The summed E-state index contributed by atoms with van der Waals surface area (Å²) in [7, 11) is 1.87. The van der Waals surface area contributed by atoms with E-state index in [4.69, 9.17) is 4.74 Å². The van der Waals surface area contributed by atoms with Crippen molar-refractivity contribution in [2.75, 3.05) is 6.61 Å². The summed E-state index contributed by atoms with van der Waals surface area (Å²) < 4.78 is 6.00. The molecule has 4 unspecified atom stereocenters. The fourth-order valence-corrected chi connectivity index (χ4v) is 4.69. The average Bonchev–Trinajstić information content (AvgIpc) is 2.66. The highest BCUT2D eigenvalue weighted by atomic mass is 16.5. The third-order valence-electron chi connectivity index (χ3n) is 6.24. The van der Waals surface area contributed by atoms with Crippen LogP contribution in [0.3, 0.4) is 0 Å². The summed E-state index contributed by atoms with van der Waals surface area (Å²) in [6.45, 7) is 2.10. The minimum Gasteiger partial charge on any atom is -0.394 e. The van der Waals surface area contributed by atoms with E-state index in [0.29, 0.717) is 19.3 Å². The third-order valence-corrected chi connectivity index (χ3v) is 6.24.